The normalized spacial score (nSPS) is 24.8. The van der Waals surface area contributed by atoms with Gasteiger partial charge in [-0.2, -0.15) is 0 Å². The lowest BCUT2D eigenvalue weighted by molar-refractivity contribution is -0.0280. The minimum atomic E-state index is 0.0761. The molecule has 3 atom stereocenters. The van der Waals surface area contributed by atoms with E-state index in [-0.39, 0.29) is 5.41 Å². The zero-order valence-corrected chi connectivity index (χ0v) is 27.1. The highest BCUT2D eigenvalue weighted by Crippen LogP contribution is 2.68. The quantitative estimate of drug-likeness (QED) is 0.186. The monoisotopic (exact) mass is 618 g/mol. The molecule has 8 aromatic rings. The fourth-order valence-corrected chi connectivity index (χ4v) is 11.4. The smallest absolute Gasteiger partial charge is 0.0541 e. The van der Waals surface area contributed by atoms with Crippen LogP contribution in [0.15, 0.2) is 146 Å². The van der Waals surface area contributed by atoms with E-state index >= 15 is 0 Å². The third-order valence-electron chi connectivity index (χ3n) is 12.7. The number of hydrogen-bond donors (Lipinski definition) is 0. The van der Waals surface area contributed by atoms with Crippen LogP contribution in [0.25, 0.3) is 55.0 Å². The largest absolute Gasteiger partial charge is 0.309 e. The number of fused-ring (bicyclic) bond motifs is 6. The molecule has 0 saturated heterocycles. The van der Waals surface area contributed by atoms with Crippen LogP contribution in [0.2, 0.25) is 0 Å². The second kappa shape index (κ2) is 9.97. The molecule has 48 heavy (non-hydrogen) atoms. The van der Waals surface area contributed by atoms with Crippen molar-refractivity contribution in [3.8, 4) is 11.4 Å². The molecule has 6 aromatic carbocycles. The molecular weight excluding hydrogens is 581 g/mol. The lowest BCUT2D eigenvalue weighted by atomic mass is 9.42. The first-order chi connectivity index (χ1) is 23.8. The van der Waals surface area contributed by atoms with Crippen LogP contribution in [-0.2, 0) is 5.41 Å². The zero-order valence-electron chi connectivity index (χ0n) is 27.1. The molecule has 12 rings (SSSR count). The number of nitrogens with zero attached hydrogens (tertiary/aromatic N) is 2. The Morgan fingerprint density at radius 2 is 0.833 bits per heavy atom. The van der Waals surface area contributed by atoms with Gasteiger partial charge in [-0.1, -0.05) is 109 Å². The second-order valence-electron chi connectivity index (χ2n) is 15.1. The van der Waals surface area contributed by atoms with Crippen molar-refractivity contribution in [1.29, 1.82) is 0 Å². The van der Waals surface area contributed by atoms with E-state index in [0.717, 1.165) is 11.8 Å². The predicted octanol–water partition coefficient (Wildman–Crippen LogP) is 11.7. The Kier molecular flexibility index (Phi) is 5.59. The van der Waals surface area contributed by atoms with Gasteiger partial charge in [0.05, 0.1) is 22.1 Å². The number of aromatic nitrogens is 2. The van der Waals surface area contributed by atoms with E-state index in [9.17, 15) is 0 Å². The molecule has 0 spiro atoms. The predicted molar refractivity (Wildman–Crippen MR) is 200 cm³/mol. The number of para-hydroxylation sites is 6. The lowest BCUT2D eigenvalue weighted by Crippen LogP contribution is -2.54. The molecule has 4 aliphatic rings. The third-order valence-corrected chi connectivity index (χ3v) is 12.7. The number of hydrogen-bond acceptors (Lipinski definition) is 0. The second-order valence-corrected chi connectivity index (χ2v) is 15.1. The first-order valence-electron chi connectivity index (χ1n) is 17.9. The maximum atomic E-state index is 2.59. The van der Waals surface area contributed by atoms with Gasteiger partial charge in [0.2, 0.25) is 0 Å². The molecule has 4 saturated carbocycles. The van der Waals surface area contributed by atoms with E-state index in [0.29, 0.717) is 11.8 Å². The molecule has 2 heteroatoms. The Bertz CT molecular complexity index is 2420. The molecule has 2 heterocycles. The zero-order chi connectivity index (χ0) is 31.4. The fraction of sp³-hybridized carbons (Fsp3) is 0.217. The first-order valence-corrected chi connectivity index (χ1v) is 17.9. The summed E-state index contributed by atoms with van der Waals surface area (Å²) < 4.78 is 5.17. The Morgan fingerprint density at radius 1 is 0.417 bits per heavy atom. The van der Waals surface area contributed by atoms with Crippen molar-refractivity contribution in [2.75, 3.05) is 0 Å². The van der Waals surface area contributed by atoms with E-state index < -0.39 is 0 Å². The van der Waals surface area contributed by atoms with Crippen molar-refractivity contribution >= 4 is 43.6 Å². The minimum absolute atomic E-state index is 0.0761. The van der Waals surface area contributed by atoms with Crippen LogP contribution in [0.3, 0.4) is 0 Å². The van der Waals surface area contributed by atoms with Gasteiger partial charge in [-0.05, 0) is 103 Å². The van der Waals surface area contributed by atoms with E-state index in [1.165, 1.54) is 92.7 Å². The van der Waals surface area contributed by atoms with Crippen molar-refractivity contribution in [1.82, 2.24) is 9.13 Å². The SMILES string of the molecule is c1ccc(-n2c3ccccc3c3ccccc32)c(C2C3CC4CC(C3)CC2(c2ccccc2-n2c3ccccc3c3ccccc32)C4)c1. The molecule has 4 fully saturated rings. The van der Waals surface area contributed by atoms with Gasteiger partial charge < -0.3 is 9.13 Å². The van der Waals surface area contributed by atoms with Crippen LogP contribution in [0.1, 0.15) is 49.1 Å². The van der Waals surface area contributed by atoms with Gasteiger partial charge in [0.1, 0.15) is 0 Å². The summed E-state index contributed by atoms with van der Waals surface area (Å²) in [6, 6.07) is 55.0. The van der Waals surface area contributed by atoms with Gasteiger partial charge in [-0.3, -0.25) is 0 Å². The average molecular weight is 619 g/mol. The standard InChI is InChI=1S/C46H38N2/c1-7-19-39-33(13-1)34-14-2-8-20-40(34)47(39)43-23-11-5-17-37(43)45-32-26-30-25-31(27-32)29-46(45,28-30)38-18-6-12-24-44(38)48-41-21-9-3-15-35(41)36-16-4-10-22-42(36)48/h1-24,30-32,45H,25-29H2. The van der Waals surface area contributed by atoms with Gasteiger partial charge in [-0.25, -0.2) is 0 Å². The summed E-state index contributed by atoms with van der Waals surface area (Å²) in [4.78, 5) is 0. The van der Waals surface area contributed by atoms with Crippen LogP contribution in [0.4, 0.5) is 0 Å². The molecule has 2 nitrogen and oxygen atoms in total. The first kappa shape index (κ1) is 26.9. The maximum Gasteiger partial charge on any atom is 0.0541 e. The number of benzene rings is 6. The molecule has 2 aromatic heterocycles. The Hall–Kier alpha value is -5.08. The Labute approximate surface area is 281 Å². The summed E-state index contributed by atoms with van der Waals surface area (Å²) in [6.45, 7) is 0. The summed E-state index contributed by atoms with van der Waals surface area (Å²) >= 11 is 0. The molecule has 0 N–H and O–H groups in total. The molecule has 4 aliphatic carbocycles. The van der Waals surface area contributed by atoms with E-state index in [2.05, 4.69) is 155 Å². The Balaban J connectivity index is 1.19. The average Bonchev–Trinajstić information content (AvgIpc) is 3.65. The van der Waals surface area contributed by atoms with Gasteiger partial charge >= 0.3 is 0 Å². The molecule has 0 radical (unpaired) electrons. The van der Waals surface area contributed by atoms with E-state index in [1.54, 1.807) is 5.56 Å². The van der Waals surface area contributed by atoms with Gasteiger partial charge in [-0.15, -0.1) is 0 Å². The fourth-order valence-electron chi connectivity index (χ4n) is 11.4. The van der Waals surface area contributed by atoms with E-state index in [4.69, 9.17) is 0 Å². The van der Waals surface area contributed by atoms with Crippen molar-refractivity contribution in [2.24, 2.45) is 17.8 Å². The topological polar surface area (TPSA) is 9.86 Å². The van der Waals surface area contributed by atoms with Crippen LogP contribution in [-0.4, -0.2) is 9.13 Å². The summed E-state index contributed by atoms with van der Waals surface area (Å²) in [5.74, 6) is 2.77. The molecule has 3 unspecified atom stereocenters. The van der Waals surface area contributed by atoms with Crippen LogP contribution in [0.5, 0.6) is 0 Å². The highest BCUT2D eigenvalue weighted by Gasteiger charge is 2.59. The number of rotatable bonds is 4. The molecular formula is C46H38N2. The molecule has 232 valence electrons. The van der Waals surface area contributed by atoms with Crippen LogP contribution in [0, 0.1) is 17.8 Å². The molecule has 0 amide bonds. The summed E-state index contributed by atoms with van der Waals surface area (Å²) in [5, 5.41) is 5.34. The minimum Gasteiger partial charge on any atom is -0.309 e. The highest BCUT2D eigenvalue weighted by molar-refractivity contribution is 6.10. The highest BCUT2D eigenvalue weighted by atomic mass is 15.0. The summed E-state index contributed by atoms with van der Waals surface area (Å²) in [6.07, 6.45) is 6.70. The van der Waals surface area contributed by atoms with Gasteiger partial charge in [0.25, 0.3) is 0 Å². The van der Waals surface area contributed by atoms with Crippen LogP contribution >= 0.6 is 0 Å². The summed E-state index contributed by atoms with van der Waals surface area (Å²) in [5.41, 5.74) is 11.1. The molecule has 0 aliphatic heterocycles. The van der Waals surface area contributed by atoms with Crippen molar-refractivity contribution in [3.05, 3.63) is 157 Å². The van der Waals surface area contributed by atoms with Crippen molar-refractivity contribution in [3.63, 3.8) is 0 Å². The van der Waals surface area contributed by atoms with E-state index in [1.807, 2.05) is 0 Å². The summed E-state index contributed by atoms with van der Waals surface area (Å²) in [7, 11) is 0. The third kappa shape index (κ3) is 3.58. The molecule has 4 bridgehead atoms. The Morgan fingerprint density at radius 3 is 1.38 bits per heavy atom. The van der Waals surface area contributed by atoms with Crippen LogP contribution < -0.4 is 0 Å². The maximum absolute atomic E-state index is 2.59. The lowest BCUT2D eigenvalue weighted by Gasteiger charge is -2.62. The van der Waals surface area contributed by atoms with Crippen molar-refractivity contribution < 1.29 is 0 Å². The van der Waals surface area contributed by atoms with Crippen molar-refractivity contribution in [2.45, 2.75) is 43.4 Å². The van der Waals surface area contributed by atoms with Gasteiger partial charge in [0.15, 0.2) is 0 Å². The van der Waals surface area contributed by atoms with Gasteiger partial charge in [0, 0.05) is 38.3 Å².